The zero-order valence-electron chi connectivity index (χ0n) is 26.2. The topological polar surface area (TPSA) is 189 Å². The van der Waals surface area contributed by atoms with E-state index in [0.717, 1.165) is 23.6 Å². The molecule has 3 heterocycles. The van der Waals surface area contributed by atoms with Crippen LogP contribution >= 0.6 is 7.75 Å². The summed E-state index contributed by atoms with van der Waals surface area (Å²) < 4.78 is 39.6. The van der Waals surface area contributed by atoms with Crippen molar-refractivity contribution >= 4 is 53.1 Å². The van der Waals surface area contributed by atoms with Crippen LogP contribution in [0.15, 0.2) is 48.8 Å². The molecule has 2 aromatic carbocycles. The Hall–Kier alpha value is -4.10. The summed E-state index contributed by atoms with van der Waals surface area (Å²) in [5.41, 5.74) is 6.96. The van der Waals surface area contributed by atoms with Crippen molar-refractivity contribution in [3.05, 3.63) is 48.8 Å². The summed E-state index contributed by atoms with van der Waals surface area (Å²) in [6.45, 7) is 7.36. The number of nitrogens with zero attached hydrogens (tertiary/aromatic N) is 4. The maximum atomic E-state index is 14.3. The minimum Gasteiger partial charge on any atom is -0.464 e. The number of nitrogens with one attached hydrogen (secondary N) is 3. The van der Waals surface area contributed by atoms with Gasteiger partial charge in [-0.3, -0.25) is 13.9 Å². The first kappa shape index (κ1) is 31.9. The zero-order chi connectivity index (χ0) is 32.6. The zero-order valence-corrected chi connectivity index (χ0v) is 27.1. The lowest BCUT2D eigenvalue weighted by Crippen LogP contribution is -2.37. The highest BCUT2D eigenvalue weighted by Gasteiger charge is 2.38. The van der Waals surface area contributed by atoms with Gasteiger partial charge in [-0.2, -0.15) is 15.1 Å². The number of benzene rings is 2. The highest BCUT2D eigenvalue weighted by molar-refractivity contribution is 7.52. The fourth-order valence-corrected chi connectivity index (χ4v) is 6.54. The maximum absolute atomic E-state index is 14.3. The molecule has 5 N–H and O–H groups in total. The number of aromatic nitrogens is 4. The Bertz CT molecular complexity index is 1810. The molecule has 244 valence electrons. The predicted molar refractivity (Wildman–Crippen MR) is 174 cm³/mol. The molecule has 0 amide bonds. The third-order valence-corrected chi connectivity index (χ3v) is 9.06. The van der Waals surface area contributed by atoms with Gasteiger partial charge in [0.05, 0.1) is 31.4 Å². The number of rotatable bonds is 12. The lowest BCUT2D eigenvalue weighted by Gasteiger charge is -2.25. The molecule has 15 heteroatoms. The number of anilines is 2. The van der Waals surface area contributed by atoms with E-state index in [4.69, 9.17) is 29.7 Å². The van der Waals surface area contributed by atoms with Gasteiger partial charge >= 0.3 is 13.7 Å². The van der Waals surface area contributed by atoms with Gasteiger partial charge in [0.2, 0.25) is 5.95 Å². The van der Waals surface area contributed by atoms with Gasteiger partial charge in [0, 0.05) is 17.8 Å². The Kier molecular flexibility index (Phi) is 8.73. The Balaban J connectivity index is 1.20. The smallest absolute Gasteiger partial charge is 0.459 e. The van der Waals surface area contributed by atoms with Crippen LogP contribution in [-0.4, -0.2) is 62.6 Å². The van der Waals surface area contributed by atoms with E-state index in [9.17, 15) is 9.36 Å². The number of ether oxygens (including phenoxy) is 2. The van der Waals surface area contributed by atoms with E-state index in [0.29, 0.717) is 28.8 Å². The van der Waals surface area contributed by atoms with E-state index in [1.54, 1.807) is 23.0 Å². The van der Waals surface area contributed by atoms with Crippen LogP contribution in [0.1, 0.15) is 53.2 Å². The predicted octanol–water partition coefficient (Wildman–Crippen LogP) is 5.21. The van der Waals surface area contributed by atoms with Crippen molar-refractivity contribution in [2.45, 2.75) is 71.4 Å². The van der Waals surface area contributed by atoms with Gasteiger partial charge in [-0.05, 0) is 36.6 Å². The summed E-state index contributed by atoms with van der Waals surface area (Å²) >= 11 is 0. The summed E-state index contributed by atoms with van der Waals surface area (Å²) in [5.74, 6) is 0.346. The number of esters is 1. The number of nitrogens with two attached hydrogens (primary N) is 1. The summed E-state index contributed by atoms with van der Waals surface area (Å²) in [6.07, 6.45) is 2.33. The molecule has 14 nitrogen and oxygen atoms in total. The molecule has 2 aromatic heterocycles. The van der Waals surface area contributed by atoms with Crippen molar-refractivity contribution in [2.75, 3.05) is 24.3 Å². The maximum Gasteiger partial charge on any atom is 0.459 e. The monoisotopic (exact) mass is 650 g/mol. The van der Waals surface area contributed by atoms with Crippen LogP contribution in [0.3, 0.4) is 0 Å². The molecule has 0 bridgehead atoms. The lowest BCUT2D eigenvalue weighted by molar-refractivity contribution is -0.148. The fourth-order valence-electron chi connectivity index (χ4n) is 5.00. The highest BCUT2D eigenvalue weighted by atomic mass is 31.2. The van der Waals surface area contributed by atoms with E-state index < -0.39 is 32.1 Å². The van der Waals surface area contributed by atoms with Crippen molar-refractivity contribution in [1.29, 1.82) is 5.41 Å². The molecule has 1 aliphatic carbocycles. The molecule has 1 saturated carbocycles. The molecule has 4 aromatic rings. The molecule has 2 aliphatic rings. The largest absolute Gasteiger partial charge is 0.464 e. The molecule has 6 rings (SSSR count). The van der Waals surface area contributed by atoms with Gasteiger partial charge in [0.1, 0.15) is 11.8 Å². The van der Waals surface area contributed by atoms with Crippen molar-refractivity contribution in [3.63, 3.8) is 0 Å². The van der Waals surface area contributed by atoms with Crippen molar-refractivity contribution in [3.8, 4) is 5.75 Å². The number of carbonyl (C=O) groups excluding carboxylic acids is 1. The number of hydrogen-bond donors (Lipinski definition) is 4. The molecular formula is C31H39N8O6P. The van der Waals surface area contributed by atoms with Gasteiger partial charge in [0.15, 0.2) is 23.2 Å². The highest BCUT2D eigenvalue weighted by Crippen LogP contribution is 2.47. The minimum absolute atomic E-state index is 0.0783. The van der Waals surface area contributed by atoms with Crippen LogP contribution < -0.4 is 20.7 Å². The average molecular weight is 651 g/mol. The molecule has 0 radical (unpaired) electrons. The fraction of sp³-hybridized carbons (Fsp3) is 0.452. The second-order valence-electron chi connectivity index (χ2n) is 12.9. The van der Waals surface area contributed by atoms with Crippen LogP contribution in [-0.2, 0) is 23.4 Å². The molecule has 4 atom stereocenters. The van der Waals surface area contributed by atoms with Crippen LogP contribution in [0.5, 0.6) is 5.75 Å². The second-order valence-corrected chi connectivity index (χ2v) is 14.6. The Morgan fingerprint density at radius 2 is 1.96 bits per heavy atom. The first-order chi connectivity index (χ1) is 21.9. The average Bonchev–Trinajstić information content (AvgIpc) is 3.60. The molecule has 0 spiro atoms. The van der Waals surface area contributed by atoms with Crippen LogP contribution in [0.2, 0.25) is 0 Å². The number of hydrogen-bond acceptors (Lipinski definition) is 12. The van der Waals surface area contributed by atoms with E-state index in [1.807, 2.05) is 51.1 Å². The SMILES string of the molecule is C[C@@H](N[P@](=O)(OC[C@@H]1CC(=N)[C@H](n2cnc3c(NC4CC4)nc(N)nc32)O1)Oc1cccc2ccccc12)C(=O)OCC(C)(C)C. The first-order valence-corrected chi connectivity index (χ1v) is 16.8. The van der Waals surface area contributed by atoms with Gasteiger partial charge < -0.3 is 30.5 Å². The summed E-state index contributed by atoms with van der Waals surface area (Å²) in [7, 11) is -4.20. The van der Waals surface area contributed by atoms with Crippen molar-refractivity contribution in [1.82, 2.24) is 24.6 Å². The molecule has 1 aliphatic heterocycles. The van der Waals surface area contributed by atoms with Crippen LogP contribution in [0, 0.1) is 10.8 Å². The normalized spacial score (nSPS) is 20.5. The van der Waals surface area contributed by atoms with E-state index in [2.05, 4.69) is 25.4 Å². The van der Waals surface area contributed by atoms with E-state index in [-0.39, 0.29) is 36.7 Å². The molecule has 46 heavy (non-hydrogen) atoms. The molecule has 2 fully saturated rings. The summed E-state index contributed by atoms with van der Waals surface area (Å²) in [6, 6.07) is 12.2. The van der Waals surface area contributed by atoms with Crippen LogP contribution in [0.4, 0.5) is 11.8 Å². The standard InChI is InChI=1S/C31H39N8O6P/c1-18(29(40)42-16-31(2,3)4)38-46(41,45-24-11-7-9-19-8-5-6-10-22(19)24)43-15-21-14-23(32)28(44-21)39-17-34-25-26(35-20-12-13-20)36-30(33)37-27(25)39/h5-11,17-18,20-21,28,32H,12-16H2,1-4H3,(H,38,41)(H3,33,35,36,37)/t18-,21+,28-,46+/m1/s1. The Morgan fingerprint density at radius 1 is 1.20 bits per heavy atom. The second kappa shape index (κ2) is 12.6. The van der Waals surface area contributed by atoms with Gasteiger partial charge in [-0.25, -0.2) is 9.55 Å². The molecule has 1 saturated heterocycles. The lowest BCUT2D eigenvalue weighted by atomic mass is 9.99. The number of nitrogen functional groups attached to an aromatic ring is 1. The van der Waals surface area contributed by atoms with Crippen molar-refractivity contribution < 1.29 is 27.9 Å². The van der Waals surface area contributed by atoms with Crippen molar-refractivity contribution in [2.24, 2.45) is 5.41 Å². The van der Waals surface area contributed by atoms with E-state index >= 15 is 0 Å². The first-order valence-electron chi connectivity index (χ1n) is 15.2. The minimum atomic E-state index is -4.20. The third kappa shape index (κ3) is 7.31. The van der Waals surface area contributed by atoms with Crippen LogP contribution in [0.25, 0.3) is 21.9 Å². The van der Waals surface area contributed by atoms with Gasteiger partial charge in [0.25, 0.3) is 0 Å². The summed E-state index contributed by atoms with van der Waals surface area (Å²) in [5, 5.41) is 16.4. The molecule has 0 unspecified atom stereocenters. The molecular weight excluding hydrogens is 611 g/mol. The number of carbonyl (C=O) groups is 1. The third-order valence-electron chi connectivity index (χ3n) is 7.43. The van der Waals surface area contributed by atoms with Gasteiger partial charge in [-0.1, -0.05) is 57.2 Å². The number of imidazole rings is 1. The van der Waals surface area contributed by atoms with Gasteiger partial charge in [-0.15, -0.1) is 0 Å². The Labute approximate surface area is 266 Å². The number of fused-ring (bicyclic) bond motifs is 2. The quantitative estimate of drug-likeness (QED) is 0.116. The Morgan fingerprint density at radius 3 is 2.72 bits per heavy atom. The summed E-state index contributed by atoms with van der Waals surface area (Å²) in [4.78, 5) is 26.0. The van der Waals surface area contributed by atoms with E-state index in [1.165, 1.54) is 6.92 Å².